The van der Waals surface area contributed by atoms with Crippen LogP contribution < -0.4 is 37.3 Å². The maximum Gasteiger partial charge on any atom is 0.344 e. The Hall–Kier alpha value is -6.24. The van der Waals surface area contributed by atoms with Crippen LogP contribution in [0.4, 0.5) is 8.78 Å². The molecule has 0 bridgehead atoms. The van der Waals surface area contributed by atoms with E-state index in [1.165, 1.54) is 123 Å². The van der Waals surface area contributed by atoms with Crippen LogP contribution in [0.25, 0.3) is 40.3 Å². The summed E-state index contributed by atoms with van der Waals surface area (Å²) in [5.74, 6) is -3.64. The number of carbonyl (C=O) groups is 4. The van der Waals surface area contributed by atoms with Crippen molar-refractivity contribution in [2.75, 3.05) is 92.2 Å². The molecule has 88 heavy (non-hydrogen) atoms. The Kier molecular flexibility index (Phi) is 36.8. The molecule has 1 fully saturated rings. The molecule has 2 aromatic heterocycles. The number of halogens is 3. The van der Waals surface area contributed by atoms with Gasteiger partial charge in [0.05, 0.1) is 79.4 Å². The highest BCUT2D eigenvalue weighted by Crippen LogP contribution is 2.35. The normalized spacial score (nSPS) is 12.6. The molecular formula is C66H86BrF2NO16S2. The van der Waals surface area contributed by atoms with Gasteiger partial charge in [-0.05, 0) is 99.9 Å². The zero-order chi connectivity index (χ0) is 63.4. The number of aliphatic hydroxyl groups excluding tert-OH is 1. The minimum atomic E-state index is -1.14. The summed E-state index contributed by atoms with van der Waals surface area (Å²) in [5, 5.41) is 19.3. The van der Waals surface area contributed by atoms with Crippen molar-refractivity contribution in [2.45, 2.75) is 117 Å². The van der Waals surface area contributed by atoms with Gasteiger partial charge >= 0.3 is 23.9 Å². The van der Waals surface area contributed by atoms with E-state index in [0.717, 1.165) is 37.7 Å². The summed E-state index contributed by atoms with van der Waals surface area (Å²) in [5.41, 5.74) is -0.863. The van der Waals surface area contributed by atoms with Crippen molar-refractivity contribution in [2.24, 2.45) is 0 Å². The van der Waals surface area contributed by atoms with Gasteiger partial charge < -0.3 is 69.6 Å². The topological polar surface area (TPSA) is 220 Å². The van der Waals surface area contributed by atoms with Gasteiger partial charge in [-0.2, -0.15) is 0 Å². The lowest BCUT2D eigenvalue weighted by atomic mass is 10.1. The fourth-order valence-corrected chi connectivity index (χ4v) is 11.1. The molecule has 6 aromatic rings. The number of carboxylic acids is 1. The van der Waals surface area contributed by atoms with Gasteiger partial charge in [0.1, 0.15) is 41.9 Å². The largest absolute Gasteiger partial charge is 1.00 e. The van der Waals surface area contributed by atoms with E-state index in [9.17, 15) is 42.7 Å². The summed E-state index contributed by atoms with van der Waals surface area (Å²) in [7, 11) is 0. The summed E-state index contributed by atoms with van der Waals surface area (Å²) in [6.45, 7) is 23.5. The average Bonchev–Trinajstić information content (AvgIpc) is 0.965. The highest BCUT2D eigenvalue weighted by atomic mass is 79.9. The molecule has 1 aliphatic rings. The van der Waals surface area contributed by atoms with Gasteiger partial charge in [0.2, 0.25) is 0 Å². The first-order valence-corrected chi connectivity index (χ1v) is 31.5. The van der Waals surface area contributed by atoms with E-state index in [2.05, 4.69) is 40.9 Å². The first-order chi connectivity index (χ1) is 42.0. The summed E-state index contributed by atoms with van der Waals surface area (Å²) in [4.78, 5) is 69.3. The third-order valence-corrected chi connectivity index (χ3v) is 15.9. The molecule has 2 atom stereocenters. The van der Waals surface area contributed by atoms with Crippen LogP contribution in [0.15, 0.2) is 108 Å². The Morgan fingerprint density at radius 1 is 0.614 bits per heavy atom. The second-order valence-corrected chi connectivity index (χ2v) is 22.7. The minimum Gasteiger partial charge on any atom is -1.00 e. The maximum absolute atomic E-state index is 14.4. The number of aliphatic carboxylic acids is 1. The number of unbranched alkanes of at least 4 members (excludes halogenated alkanes) is 6. The molecule has 0 spiro atoms. The standard InChI is InChI=1S/C25H25FO8S.C16H36N.C15H9FO4S.C10H16O4.BrH/c1-2-21(28)32-12-6-5-11-31-13-16(27)14-34-22(29)15-33-19-10-9-18(26)23-24(30)17-7-3-4-8-20(17)35-25(19)23;1-5-9-13-17(14-10-6-2,15-11-7-3)16-12-8-4;16-9-5-6-10(20-7-12(17)18)15-13(9)14(19)8-3-1-2-4-11(8)21-15;1-2-10(11)13-6-4-3-5-12-7-9-8-14-9;/h2-4,7-10,16,27H,1,5-6,11-15H2;5-16H2,1-4H3;1-6H,7H2,(H,17,18);2,9H,1,3-8H2;1H/q;+1;;;/p-1. The van der Waals surface area contributed by atoms with E-state index in [1.807, 2.05) is 0 Å². The third kappa shape index (κ3) is 26.8. The van der Waals surface area contributed by atoms with E-state index in [0.29, 0.717) is 74.9 Å². The molecule has 0 aliphatic carbocycles. The van der Waals surface area contributed by atoms with Crippen LogP contribution in [-0.4, -0.2) is 143 Å². The molecule has 7 rings (SSSR count). The molecule has 0 radical (unpaired) electrons. The second kappa shape index (κ2) is 42.6. The third-order valence-electron chi connectivity index (χ3n) is 13.6. The molecule has 484 valence electrons. The summed E-state index contributed by atoms with van der Waals surface area (Å²) >= 11 is 2.39. The fraction of sp³-hybridized carbons (Fsp3) is 0.485. The Morgan fingerprint density at radius 3 is 1.45 bits per heavy atom. The number of hydrogen-bond acceptors (Lipinski definition) is 17. The molecule has 17 nitrogen and oxygen atoms in total. The molecule has 4 aromatic carbocycles. The van der Waals surface area contributed by atoms with Gasteiger partial charge in [-0.3, -0.25) is 9.59 Å². The number of esters is 3. The Balaban J connectivity index is 0.000000328. The minimum absolute atomic E-state index is 0. The van der Waals surface area contributed by atoms with Gasteiger partial charge in [-0.1, -0.05) is 90.8 Å². The number of nitrogens with zero attached hydrogens (tertiary/aromatic N) is 1. The van der Waals surface area contributed by atoms with Crippen molar-refractivity contribution >= 4 is 86.9 Å². The average molecular weight is 1330 g/mol. The van der Waals surface area contributed by atoms with Crippen molar-refractivity contribution in [1.29, 1.82) is 0 Å². The molecule has 0 amide bonds. The molecule has 0 saturated carbocycles. The van der Waals surface area contributed by atoms with Crippen molar-refractivity contribution in [3.63, 3.8) is 0 Å². The van der Waals surface area contributed by atoms with Crippen molar-refractivity contribution in [3.8, 4) is 11.5 Å². The molecule has 1 aliphatic heterocycles. The lowest BCUT2D eigenvalue weighted by Crippen LogP contribution is -3.00. The monoisotopic (exact) mass is 1330 g/mol. The first-order valence-electron chi connectivity index (χ1n) is 29.8. The van der Waals surface area contributed by atoms with Crippen LogP contribution >= 0.6 is 22.7 Å². The van der Waals surface area contributed by atoms with Crippen molar-refractivity contribution in [1.82, 2.24) is 0 Å². The van der Waals surface area contributed by atoms with Gasteiger partial charge in [0, 0.05) is 45.5 Å². The number of ether oxygens (including phenoxy) is 8. The highest BCUT2D eigenvalue weighted by molar-refractivity contribution is 7.25. The number of benzene rings is 4. The van der Waals surface area contributed by atoms with E-state index in [4.69, 9.17) is 43.0 Å². The zero-order valence-electron chi connectivity index (χ0n) is 51.0. The molecule has 22 heteroatoms. The van der Waals surface area contributed by atoms with Crippen LogP contribution in [0.3, 0.4) is 0 Å². The number of hydrogen-bond donors (Lipinski definition) is 2. The first kappa shape index (κ1) is 76.0. The number of rotatable bonds is 36. The van der Waals surface area contributed by atoms with Crippen LogP contribution in [0.1, 0.15) is 105 Å². The number of quaternary nitrogens is 1. The lowest BCUT2D eigenvalue weighted by molar-refractivity contribution is -0.929. The SMILES string of the molecule is C=CC(=O)OCCCCOCC(O)COC(=O)COc1ccc(F)c2c(=O)c3ccccc3sc12.C=CC(=O)OCCCCOCC1CO1.CCCC[N+](CCCC)(CCCC)CCCC.O=C(O)COc1ccc(F)c2c(=O)c3ccccc3sc12.[Br-]. The fourth-order valence-electron chi connectivity index (χ4n) is 8.78. The van der Waals surface area contributed by atoms with Gasteiger partial charge in [0.15, 0.2) is 24.1 Å². The Labute approximate surface area is 532 Å². The van der Waals surface area contributed by atoms with E-state index in [1.54, 1.807) is 48.5 Å². The van der Waals surface area contributed by atoms with E-state index < -0.39 is 59.7 Å². The van der Waals surface area contributed by atoms with Crippen LogP contribution in [-0.2, 0) is 47.6 Å². The molecule has 2 unspecified atom stereocenters. The molecule has 1 saturated heterocycles. The maximum atomic E-state index is 14.4. The number of fused-ring (bicyclic) bond motifs is 4. The van der Waals surface area contributed by atoms with Gasteiger partial charge in [-0.25, -0.2) is 28.0 Å². The Morgan fingerprint density at radius 2 is 1.03 bits per heavy atom. The molecule has 2 N–H and O–H groups in total. The Bertz CT molecular complexity index is 3210. The molecule has 3 heterocycles. The van der Waals surface area contributed by atoms with Crippen molar-refractivity contribution in [3.05, 3.63) is 130 Å². The number of carbonyl (C=O) groups excluding carboxylic acids is 3. The number of epoxide rings is 1. The number of aliphatic hydroxyl groups is 1. The lowest BCUT2D eigenvalue weighted by Gasteiger charge is -2.39. The van der Waals surface area contributed by atoms with Gasteiger partial charge in [0.25, 0.3) is 0 Å². The van der Waals surface area contributed by atoms with Crippen molar-refractivity contribution < 1.29 is 97.5 Å². The summed E-state index contributed by atoms with van der Waals surface area (Å²) in [6.07, 6.45) is 15.6. The predicted octanol–water partition coefficient (Wildman–Crippen LogP) is 9.30. The van der Waals surface area contributed by atoms with E-state index >= 15 is 0 Å². The highest BCUT2D eigenvalue weighted by Gasteiger charge is 2.25. The van der Waals surface area contributed by atoms with E-state index in [-0.39, 0.29) is 65.0 Å². The smallest absolute Gasteiger partial charge is 0.344 e. The van der Waals surface area contributed by atoms with Crippen LogP contribution in [0, 0.1) is 11.6 Å². The number of carboxylic acid groups (broad SMARTS) is 1. The second-order valence-electron chi connectivity index (χ2n) is 20.6. The predicted molar refractivity (Wildman–Crippen MR) is 338 cm³/mol. The van der Waals surface area contributed by atoms with Crippen LogP contribution in [0.2, 0.25) is 0 Å². The van der Waals surface area contributed by atoms with Crippen LogP contribution in [0.5, 0.6) is 11.5 Å². The zero-order valence-corrected chi connectivity index (χ0v) is 54.3. The summed E-state index contributed by atoms with van der Waals surface area (Å²) < 4.78 is 72.6. The quantitative estimate of drug-likeness (QED) is 0.00712. The van der Waals surface area contributed by atoms with Gasteiger partial charge in [-0.15, -0.1) is 22.7 Å². The summed E-state index contributed by atoms with van der Waals surface area (Å²) in [6, 6.07) is 18.7. The molecular weight excluding hydrogens is 1240 g/mol.